The van der Waals surface area contributed by atoms with Crippen LogP contribution < -0.4 is 5.32 Å². The maximum atomic E-state index is 11.4. The second kappa shape index (κ2) is 10.5. The molecule has 0 aliphatic rings. The van der Waals surface area contributed by atoms with Gasteiger partial charge in [-0.1, -0.05) is 6.92 Å². The molecule has 10 heteroatoms. The molecule has 7 N–H and O–H groups in total. The van der Waals surface area contributed by atoms with E-state index < -0.39 is 30.3 Å². The first-order valence-electron chi connectivity index (χ1n) is 8.44. The summed E-state index contributed by atoms with van der Waals surface area (Å²) in [6, 6.07) is 0. The molecule has 0 aromatic carbocycles. The molecule has 1 heterocycles. The maximum Gasteiger partial charge on any atom is 0.275 e. The summed E-state index contributed by atoms with van der Waals surface area (Å²) < 4.78 is 0. The first kappa shape index (κ1) is 22.4. The predicted octanol–water partition coefficient (Wildman–Crippen LogP) is -1.55. The summed E-state index contributed by atoms with van der Waals surface area (Å²) in [5, 5.41) is 58.3. The number of nitrogens with zero attached hydrogens (tertiary/aromatic N) is 2. The normalized spacial score (nSPS) is 15.3. The number of nitrogens with one attached hydrogen (secondary N) is 1. The van der Waals surface area contributed by atoms with Crippen LogP contribution in [0.4, 0.5) is 0 Å². The van der Waals surface area contributed by atoms with Gasteiger partial charge in [-0.2, -0.15) is 0 Å². The van der Waals surface area contributed by atoms with Crippen molar-refractivity contribution >= 4 is 5.91 Å². The van der Waals surface area contributed by atoms with Crippen LogP contribution in [0, 0.1) is 0 Å². The number of aliphatic hydroxyl groups excluding tert-OH is 3. The number of amides is 1. The van der Waals surface area contributed by atoms with Crippen molar-refractivity contribution in [3.63, 3.8) is 0 Å². The molecule has 0 fully saturated rings. The van der Waals surface area contributed by atoms with Crippen molar-refractivity contribution in [1.29, 1.82) is 0 Å². The monoisotopic (exact) mass is 373 g/mol. The van der Waals surface area contributed by atoms with Crippen LogP contribution in [-0.4, -0.2) is 64.8 Å². The van der Waals surface area contributed by atoms with Gasteiger partial charge in [-0.25, -0.2) is 0 Å². The number of carbonyl (C=O) groups is 1. The van der Waals surface area contributed by atoms with E-state index in [1.807, 2.05) is 6.92 Å². The zero-order valence-electron chi connectivity index (χ0n) is 14.6. The molecule has 0 bridgehead atoms. The molecule has 0 aliphatic heterocycles. The van der Waals surface area contributed by atoms with Crippen molar-refractivity contribution in [3.05, 3.63) is 23.8 Å². The van der Waals surface area contributed by atoms with E-state index in [4.69, 9.17) is 15.3 Å². The number of hydrogen-bond acceptors (Lipinski definition) is 9. The van der Waals surface area contributed by atoms with Crippen molar-refractivity contribution in [2.75, 3.05) is 0 Å². The summed E-state index contributed by atoms with van der Waals surface area (Å²) in [6.45, 7) is 1.81. The van der Waals surface area contributed by atoms with Crippen molar-refractivity contribution < 1.29 is 35.4 Å². The highest BCUT2D eigenvalue weighted by atomic mass is 16.7. The van der Waals surface area contributed by atoms with Gasteiger partial charge in [-0.15, -0.1) is 0 Å². The third-order valence-electron chi connectivity index (χ3n) is 3.63. The van der Waals surface area contributed by atoms with Crippen LogP contribution in [0.15, 0.2) is 12.4 Å². The molecule has 0 saturated carbocycles. The highest BCUT2D eigenvalue weighted by Gasteiger charge is 2.23. The zero-order valence-corrected chi connectivity index (χ0v) is 14.6. The highest BCUT2D eigenvalue weighted by Crippen LogP contribution is 2.17. The lowest BCUT2D eigenvalue weighted by molar-refractivity contribution is -0.314. The minimum atomic E-state index is -2.72. The SMILES string of the molecule is CCCC(=O)NC(O)C(O)CC(O)c1cnc(CCCC(O)(O)O)cn1. The van der Waals surface area contributed by atoms with Crippen molar-refractivity contribution in [3.8, 4) is 0 Å². The minimum Gasteiger partial charge on any atom is -0.388 e. The first-order chi connectivity index (χ1) is 12.1. The van der Waals surface area contributed by atoms with E-state index >= 15 is 0 Å². The highest BCUT2D eigenvalue weighted by molar-refractivity contribution is 5.75. The van der Waals surface area contributed by atoms with Crippen LogP contribution in [0.3, 0.4) is 0 Å². The first-order valence-corrected chi connectivity index (χ1v) is 8.44. The fourth-order valence-corrected chi connectivity index (χ4v) is 2.21. The lowest BCUT2D eigenvalue weighted by Crippen LogP contribution is -2.43. The summed E-state index contributed by atoms with van der Waals surface area (Å²) in [6.07, 6.45) is -0.415. The van der Waals surface area contributed by atoms with Gasteiger partial charge in [0.15, 0.2) is 6.23 Å². The molecule has 0 aliphatic carbocycles. The average molecular weight is 373 g/mol. The molecule has 3 atom stereocenters. The van der Waals surface area contributed by atoms with Gasteiger partial charge in [0.05, 0.1) is 17.6 Å². The molecule has 10 nitrogen and oxygen atoms in total. The van der Waals surface area contributed by atoms with E-state index in [1.165, 1.54) is 12.4 Å². The van der Waals surface area contributed by atoms with Crippen LogP contribution in [0.2, 0.25) is 0 Å². The molecule has 1 rings (SSSR count). The number of aryl methyl sites for hydroxylation is 1. The molecule has 0 saturated heterocycles. The van der Waals surface area contributed by atoms with Crippen LogP contribution >= 0.6 is 0 Å². The predicted molar refractivity (Wildman–Crippen MR) is 89.0 cm³/mol. The summed E-state index contributed by atoms with van der Waals surface area (Å²) in [5.74, 6) is -3.11. The molecular formula is C16H27N3O7. The lowest BCUT2D eigenvalue weighted by atomic mass is 10.1. The Morgan fingerprint density at radius 1 is 1.19 bits per heavy atom. The van der Waals surface area contributed by atoms with E-state index in [0.717, 1.165) is 0 Å². The quantitative estimate of drug-likeness (QED) is 0.226. The fourth-order valence-electron chi connectivity index (χ4n) is 2.21. The Morgan fingerprint density at radius 2 is 1.88 bits per heavy atom. The Kier molecular flexibility index (Phi) is 8.99. The Bertz CT molecular complexity index is 548. The maximum absolute atomic E-state index is 11.4. The van der Waals surface area contributed by atoms with Gasteiger partial charge in [-0.05, 0) is 19.3 Å². The minimum absolute atomic E-state index is 0.181. The molecule has 0 spiro atoms. The van der Waals surface area contributed by atoms with E-state index in [1.54, 1.807) is 0 Å². The fraction of sp³-hybridized carbons (Fsp3) is 0.688. The Balaban J connectivity index is 2.49. The van der Waals surface area contributed by atoms with Gasteiger partial charge in [-0.3, -0.25) is 14.8 Å². The van der Waals surface area contributed by atoms with Crippen molar-refractivity contribution in [2.24, 2.45) is 0 Å². The standard InChI is InChI=1S/C16H27N3O7/c1-2-4-14(22)19-15(23)13(21)7-12(20)11-9-17-10(8-18-11)5-3-6-16(24,25)26/h8-9,12-13,15,20-21,23-26H,2-7H2,1H3,(H,19,22). The second-order valence-corrected chi connectivity index (χ2v) is 6.14. The van der Waals surface area contributed by atoms with Crippen LogP contribution in [0.5, 0.6) is 0 Å². The number of aliphatic hydroxyl groups is 6. The number of rotatable bonds is 11. The van der Waals surface area contributed by atoms with Gasteiger partial charge in [0.1, 0.15) is 12.2 Å². The third kappa shape index (κ3) is 8.61. The summed E-state index contributed by atoms with van der Waals surface area (Å²) >= 11 is 0. The van der Waals surface area contributed by atoms with E-state index in [-0.39, 0.29) is 31.4 Å². The number of hydrogen-bond donors (Lipinski definition) is 7. The van der Waals surface area contributed by atoms with Gasteiger partial charge in [0.25, 0.3) is 5.97 Å². The molecular weight excluding hydrogens is 346 g/mol. The van der Waals surface area contributed by atoms with E-state index in [2.05, 4.69) is 15.3 Å². The number of aromatic nitrogens is 2. The molecule has 0 radical (unpaired) electrons. The Labute approximate surface area is 151 Å². The molecule has 1 aromatic rings. The molecule has 3 unspecified atom stereocenters. The lowest BCUT2D eigenvalue weighted by Gasteiger charge is -2.21. The smallest absolute Gasteiger partial charge is 0.275 e. The van der Waals surface area contributed by atoms with Gasteiger partial charge in [0, 0.05) is 25.5 Å². The topological polar surface area (TPSA) is 176 Å². The van der Waals surface area contributed by atoms with Crippen LogP contribution in [0.25, 0.3) is 0 Å². The van der Waals surface area contributed by atoms with Gasteiger partial charge >= 0.3 is 0 Å². The van der Waals surface area contributed by atoms with E-state index in [9.17, 15) is 20.1 Å². The molecule has 26 heavy (non-hydrogen) atoms. The molecule has 148 valence electrons. The summed E-state index contributed by atoms with van der Waals surface area (Å²) in [7, 11) is 0. The summed E-state index contributed by atoms with van der Waals surface area (Å²) in [4.78, 5) is 19.5. The van der Waals surface area contributed by atoms with Crippen LogP contribution in [-0.2, 0) is 11.2 Å². The second-order valence-electron chi connectivity index (χ2n) is 6.14. The third-order valence-corrected chi connectivity index (χ3v) is 3.63. The van der Waals surface area contributed by atoms with Crippen LogP contribution in [0.1, 0.15) is 56.5 Å². The molecule has 1 amide bonds. The number of carbonyl (C=O) groups excluding carboxylic acids is 1. The largest absolute Gasteiger partial charge is 0.388 e. The van der Waals surface area contributed by atoms with Crippen molar-refractivity contribution in [2.45, 2.75) is 69.9 Å². The van der Waals surface area contributed by atoms with E-state index in [0.29, 0.717) is 18.5 Å². The van der Waals surface area contributed by atoms with Gasteiger partial charge < -0.3 is 36.0 Å². The van der Waals surface area contributed by atoms with Crippen molar-refractivity contribution in [1.82, 2.24) is 15.3 Å². The average Bonchev–Trinajstić information content (AvgIpc) is 2.54. The zero-order chi connectivity index (χ0) is 19.7. The Morgan fingerprint density at radius 3 is 2.42 bits per heavy atom. The molecule has 1 aromatic heterocycles. The summed E-state index contributed by atoms with van der Waals surface area (Å²) in [5.41, 5.74) is 0.707. The van der Waals surface area contributed by atoms with Gasteiger partial charge in [0.2, 0.25) is 5.91 Å². The Hall–Kier alpha value is -1.69.